The smallest absolute Gasteiger partial charge is 0.254 e. The number of halogens is 2. The molecule has 28 heavy (non-hydrogen) atoms. The lowest BCUT2D eigenvalue weighted by atomic mass is 9.90. The molecule has 0 radical (unpaired) electrons. The van der Waals surface area contributed by atoms with Gasteiger partial charge in [0.15, 0.2) is 0 Å². The van der Waals surface area contributed by atoms with E-state index in [2.05, 4.69) is 5.32 Å². The zero-order chi connectivity index (χ0) is 19.5. The lowest BCUT2D eigenvalue weighted by Gasteiger charge is -2.38. The highest BCUT2D eigenvalue weighted by Gasteiger charge is 2.43. The zero-order valence-electron chi connectivity index (χ0n) is 15.9. The second-order valence-corrected chi connectivity index (χ2v) is 8.89. The maximum absolute atomic E-state index is 13.1. The first-order valence-corrected chi connectivity index (χ1v) is 10.6. The van der Waals surface area contributed by atoms with Crippen molar-refractivity contribution in [2.24, 2.45) is 0 Å². The third-order valence-electron chi connectivity index (χ3n) is 5.39. The van der Waals surface area contributed by atoms with E-state index in [1.807, 2.05) is 0 Å². The molecule has 0 bridgehead atoms. The minimum Gasteiger partial charge on any atom is -0.368 e. The van der Waals surface area contributed by atoms with Gasteiger partial charge in [0.2, 0.25) is 10.0 Å². The van der Waals surface area contributed by atoms with Crippen molar-refractivity contribution in [2.45, 2.75) is 29.8 Å². The van der Waals surface area contributed by atoms with Gasteiger partial charge in [-0.2, -0.15) is 4.31 Å². The van der Waals surface area contributed by atoms with E-state index in [1.165, 1.54) is 16.4 Å². The molecule has 1 aromatic rings. The van der Waals surface area contributed by atoms with Crippen LogP contribution in [-0.2, 0) is 19.6 Å². The maximum atomic E-state index is 13.1. The summed E-state index contributed by atoms with van der Waals surface area (Å²) in [7, 11) is -2.15. The number of ether oxygens (including phenoxy) is 1. The van der Waals surface area contributed by atoms with Gasteiger partial charge >= 0.3 is 0 Å². The minimum atomic E-state index is -3.71. The quantitative estimate of drug-likeness (QED) is 0.769. The van der Waals surface area contributed by atoms with Crippen LogP contribution in [0.3, 0.4) is 0 Å². The van der Waals surface area contributed by atoms with Crippen LogP contribution in [0.25, 0.3) is 0 Å². The summed E-state index contributed by atoms with van der Waals surface area (Å²) in [6.45, 7) is 2.79. The number of benzene rings is 1. The standard InChI is InChI=1S/C18H26FN3O4S.ClH/c1-26-18(7-9-20-10-8-18)17(23)21-11-2-12-22(14-13-21)27(24,25)16-5-3-15(19)4-6-16;/h3-6,20H,2,7-14H2,1H3;1H. The van der Waals surface area contributed by atoms with Crippen LogP contribution in [0.5, 0.6) is 0 Å². The molecular formula is C18H27ClFN3O4S. The van der Waals surface area contributed by atoms with Crippen LogP contribution in [0.1, 0.15) is 19.3 Å². The van der Waals surface area contributed by atoms with Crippen LogP contribution in [0.15, 0.2) is 29.2 Å². The molecule has 1 N–H and O–H groups in total. The van der Waals surface area contributed by atoms with Crippen LogP contribution < -0.4 is 5.32 Å². The molecule has 0 atom stereocenters. The van der Waals surface area contributed by atoms with E-state index in [0.717, 1.165) is 25.2 Å². The predicted molar refractivity (Wildman–Crippen MR) is 105 cm³/mol. The Hall–Kier alpha value is -1.26. The molecule has 7 nitrogen and oxygen atoms in total. The van der Waals surface area contributed by atoms with E-state index in [1.54, 1.807) is 12.0 Å². The number of nitrogens with zero attached hydrogens (tertiary/aromatic N) is 2. The molecule has 0 aromatic heterocycles. The number of hydrogen-bond donors (Lipinski definition) is 1. The van der Waals surface area contributed by atoms with Crippen molar-refractivity contribution in [3.63, 3.8) is 0 Å². The molecule has 3 rings (SSSR count). The van der Waals surface area contributed by atoms with Crippen LogP contribution >= 0.6 is 12.4 Å². The molecule has 1 amide bonds. The molecular weight excluding hydrogens is 409 g/mol. The normalized spacial score (nSPS) is 20.9. The van der Waals surface area contributed by atoms with Gasteiger partial charge in [-0.25, -0.2) is 12.8 Å². The number of carbonyl (C=O) groups is 1. The van der Waals surface area contributed by atoms with Crippen LogP contribution in [0.4, 0.5) is 4.39 Å². The van der Waals surface area contributed by atoms with E-state index in [9.17, 15) is 17.6 Å². The van der Waals surface area contributed by atoms with Crippen LogP contribution in [0, 0.1) is 5.82 Å². The summed E-state index contributed by atoms with van der Waals surface area (Å²) in [6, 6.07) is 4.82. The molecule has 1 aromatic carbocycles. The lowest BCUT2D eigenvalue weighted by Crippen LogP contribution is -2.56. The number of sulfonamides is 1. The van der Waals surface area contributed by atoms with Gasteiger partial charge in [0.25, 0.3) is 5.91 Å². The third kappa shape index (κ3) is 4.65. The molecule has 2 fully saturated rings. The Morgan fingerprint density at radius 3 is 2.36 bits per heavy atom. The Morgan fingerprint density at radius 2 is 1.75 bits per heavy atom. The average Bonchev–Trinajstić information content (AvgIpc) is 2.95. The molecule has 158 valence electrons. The predicted octanol–water partition coefficient (Wildman–Crippen LogP) is 1.24. The first-order chi connectivity index (χ1) is 12.9. The van der Waals surface area contributed by atoms with Gasteiger partial charge in [0.1, 0.15) is 11.4 Å². The summed E-state index contributed by atoms with van der Waals surface area (Å²) in [5, 5.41) is 3.23. The monoisotopic (exact) mass is 435 g/mol. The highest BCUT2D eigenvalue weighted by atomic mass is 35.5. The van der Waals surface area contributed by atoms with Crippen molar-refractivity contribution in [2.75, 3.05) is 46.4 Å². The van der Waals surface area contributed by atoms with E-state index in [0.29, 0.717) is 38.9 Å². The number of carbonyl (C=O) groups excluding carboxylic acids is 1. The summed E-state index contributed by atoms with van der Waals surface area (Å²) in [5.41, 5.74) is -0.823. The summed E-state index contributed by atoms with van der Waals surface area (Å²) in [4.78, 5) is 14.9. The molecule has 2 aliphatic heterocycles. The van der Waals surface area contributed by atoms with Crippen molar-refractivity contribution >= 4 is 28.3 Å². The average molecular weight is 436 g/mol. The SMILES string of the molecule is COC1(C(=O)N2CCCN(S(=O)(=O)c3ccc(F)cc3)CC2)CCNCC1.Cl. The van der Waals surface area contributed by atoms with Gasteiger partial charge in [0.05, 0.1) is 4.90 Å². The highest BCUT2D eigenvalue weighted by molar-refractivity contribution is 7.89. The van der Waals surface area contributed by atoms with Crippen molar-refractivity contribution in [1.82, 2.24) is 14.5 Å². The molecule has 2 saturated heterocycles. The number of nitrogens with one attached hydrogen (secondary N) is 1. The fourth-order valence-corrected chi connectivity index (χ4v) is 5.19. The van der Waals surface area contributed by atoms with Gasteiger partial charge in [-0.15, -0.1) is 12.4 Å². The Bertz CT molecular complexity index is 770. The molecule has 2 heterocycles. The van der Waals surface area contributed by atoms with E-state index in [4.69, 9.17) is 4.74 Å². The topological polar surface area (TPSA) is 79.0 Å². The van der Waals surface area contributed by atoms with E-state index in [-0.39, 0.29) is 29.8 Å². The molecule has 2 aliphatic rings. The van der Waals surface area contributed by atoms with Gasteiger partial charge in [-0.3, -0.25) is 4.79 Å². The number of piperidine rings is 1. The Balaban J connectivity index is 0.00000280. The largest absolute Gasteiger partial charge is 0.368 e. The van der Waals surface area contributed by atoms with Crippen molar-refractivity contribution in [3.05, 3.63) is 30.1 Å². The van der Waals surface area contributed by atoms with Gasteiger partial charge in [0, 0.05) is 33.3 Å². The third-order valence-corrected chi connectivity index (χ3v) is 7.30. The first kappa shape index (κ1) is 23.0. The van der Waals surface area contributed by atoms with E-state index >= 15 is 0 Å². The second-order valence-electron chi connectivity index (χ2n) is 6.95. The summed E-state index contributed by atoms with van der Waals surface area (Å²) < 4.78 is 45.7. The number of rotatable bonds is 4. The van der Waals surface area contributed by atoms with Crippen LogP contribution in [-0.4, -0.2) is 75.5 Å². The van der Waals surface area contributed by atoms with Crippen molar-refractivity contribution in [1.29, 1.82) is 0 Å². The molecule has 10 heteroatoms. The molecule has 0 saturated carbocycles. The Kier molecular flexibility index (Phi) is 7.81. The summed E-state index contributed by atoms with van der Waals surface area (Å²) >= 11 is 0. The Labute approximate surface area is 171 Å². The summed E-state index contributed by atoms with van der Waals surface area (Å²) in [6.07, 6.45) is 1.76. The Morgan fingerprint density at radius 1 is 1.11 bits per heavy atom. The first-order valence-electron chi connectivity index (χ1n) is 9.20. The van der Waals surface area contributed by atoms with Gasteiger partial charge in [-0.05, 0) is 56.6 Å². The minimum absolute atomic E-state index is 0. The maximum Gasteiger partial charge on any atom is 0.254 e. The summed E-state index contributed by atoms with van der Waals surface area (Å²) in [5.74, 6) is -0.541. The van der Waals surface area contributed by atoms with Gasteiger partial charge in [-0.1, -0.05) is 0 Å². The number of amides is 1. The van der Waals surface area contributed by atoms with Crippen LogP contribution in [0.2, 0.25) is 0 Å². The lowest BCUT2D eigenvalue weighted by molar-refractivity contribution is -0.158. The zero-order valence-corrected chi connectivity index (χ0v) is 17.5. The molecule has 0 aliphatic carbocycles. The second kappa shape index (κ2) is 9.49. The number of hydrogen-bond acceptors (Lipinski definition) is 5. The highest BCUT2D eigenvalue weighted by Crippen LogP contribution is 2.26. The molecule has 0 unspecified atom stereocenters. The number of methoxy groups -OCH3 is 1. The van der Waals surface area contributed by atoms with Crippen molar-refractivity contribution < 1.29 is 22.3 Å². The molecule has 0 spiro atoms. The fourth-order valence-electron chi connectivity index (χ4n) is 3.72. The van der Waals surface area contributed by atoms with Gasteiger partial charge < -0.3 is 15.0 Å². The van der Waals surface area contributed by atoms with E-state index < -0.39 is 21.4 Å². The van der Waals surface area contributed by atoms with Crippen molar-refractivity contribution in [3.8, 4) is 0 Å². The fraction of sp³-hybridized carbons (Fsp3) is 0.611.